The van der Waals surface area contributed by atoms with Crippen LogP contribution in [0.4, 0.5) is 5.69 Å². The zero-order valence-corrected chi connectivity index (χ0v) is 16.1. The van der Waals surface area contributed by atoms with Gasteiger partial charge in [0.1, 0.15) is 6.04 Å². The van der Waals surface area contributed by atoms with E-state index in [4.69, 9.17) is 0 Å². The van der Waals surface area contributed by atoms with Gasteiger partial charge in [-0.05, 0) is 12.0 Å². The van der Waals surface area contributed by atoms with Crippen molar-refractivity contribution in [2.45, 2.75) is 25.0 Å². The Morgan fingerprint density at radius 2 is 1.86 bits per heavy atom. The molecule has 8 heteroatoms. The van der Waals surface area contributed by atoms with Crippen LogP contribution in [0.25, 0.3) is 0 Å². The molecule has 1 heterocycles. The number of likely N-dealkylation sites (N-methyl/N-ethyl adjacent to an activating group) is 1. The number of hydrogen-bond acceptors (Lipinski definition) is 5. The van der Waals surface area contributed by atoms with Gasteiger partial charge in [-0.1, -0.05) is 48.5 Å². The fourth-order valence-corrected chi connectivity index (χ4v) is 3.55. The predicted octanol–water partition coefficient (Wildman–Crippen LogP) is 1.93. The number of benzene rings is 2. The van der Waals surface area contributed by atoms with E-state index in [1.165, 1.54) is 18.0 Å². The molecule has 0 saturated carbocycles. The van der Waals surface area contributed by atoms with E-state index in [0.717, 1.165) is 0 Å². The summed E-state index contributed by atoms with van der Waals surface area (Å²) in [6.07, 6.45) is -0.253. The number of carbonyl (C=O) groups excluding carboxylic acids is 2. The van der Waals surface area contributed by atoms with Crippen molar-refractivity contribution in [1.82, 2.24) is 9.80 Å². The van der Waals surface area contributed by atoms with Gasteiger partial charge in [-0.2, -0.15) is 0 Å². The minimum absolute atomic E-state index is 0.125. The molecule has 0 aliphatic carbocycles. The number of amides is 2. The number of nitro benzene ring substituents is 1. The average molecular weight is 397 g/mol. The lowest BCUT2D eigenvalue weighted by molar-refractivity contribution is -0.385. The topological polar surface area (TPSA) is 104 Å². The average Bonchev–Trinajstić information content (AvgIpc) is 3.15. The normalized spacial score (nSPS) is 17.0. The second-order valence-electron chi connectivity index (χ2n) is 7.11. The van der Waals surface area contributed by atoms with Crippen molar-refractivity contribution in [2.24, 2.45) is 0 Å². The Kier molecular flexibility index (Phi) is 6.23. The van der Waals surface area contributed by atoms with Gasteiger partial charge in [-0.25, -0.2) is 0 Å². The predicted molar refractivity (Wildman–Crippen MR) is 106 cm³/mol. The third kappa shape index (κ3) is 4.60. The highest BCUT2D eigenvalue weighted by molar-refractivity contribution is 5.89. The van der Waals surface area contributed by atoms with Crippen LogP contribution in [-0.2, 0) is 16.0 Å². The minimum Gasteiger partial charge on any atom is -0.391 e. The fourth-order valence-electron chi connectivity index (χ4n) is 3.55. The highest BCUT2D eigenvalue weighted by Crippen LogP contribution is 2.26. The van der Waals surface area contributed by atoms with Gasteiger partial charge in [0.2, 0.25) is 11.8 Å². The second-order valence-corrected chi connectivity index (χ2v) is 7.11. The molecular formula is C21H23N3O5. The van der Waals surface area contributed by atoms with E-state index in [2.05, 4.69) is 0 Å². The summed E-state index contributed by atoms with van der Waals surface area (Å²) in [5, 5.41) is 21.0. The van der Waals surface area contributed by atoms with Crippen LogP contribution in [0.5, 0.6) is 0 Å². The Morgan fingerprint density at radius 3 is 2.48 bits per heavy atom. The number of hydrogen-bond donors (Lipinski definition) is 1. The first-order valence-electron chi connectivity index (χ1n) is 9.38. The Bertz CT molecular complexity index is 902. The van der Waals surface area contributed by atoms with Gasteiger partial charge in [-0.3, -0.25) is 19.7 Å². The van der Waals surface area contributed by atoms with Crippen molar-refractivity contribution in [3.63, 3.8) is 0 Å². The van der Waals surface area contributed by atoms with Gasteiger partial charge < -0.3 is 14.9 Å². The van der Waals surface area contributed by atoms with Gasteiger partial charge in [0.25, 0.3) is 5.69 Å². The first-order valence-corrected chi connectivity index (χ1v) is 9.38. The Balaban J connectivity index is 1.86. The maximum atomic E-state index is 13.2. The van der Waals surface area contributed by atoms with Crippen molar-refractivity contribution in [1.29, 1.82) is 0 Å². The zero-order chi connectivity index (χ0) is 21.0. The molecule has 1 fully saturated rings. The SMILES string of the molecule is CN(C(=O)Cc1ccccc1[N+](=O)[O-])[C@H](C(=O)N1CC[C@H](O)C1)c1ccccc1. The molecule has 1 saturated heterocycles. The standard InChI is InChI=1S/C21H23N3O5/c1-22(19(26)13-16-9-5-6-10-18(16)24(28)29)20(15-7-3-2-4-8-15)21(27)23-12-11-17(25)14-23/h2-10,17,20,25H,11-14H2,1H3/t17-,20-/m0/s1. The van der Waals surface area contributed by atoms with Gasteiger partial charge in [0.15, 0.2) is 0 Å². The van der Waals surface area contributed by atoms with E-state index in [1.807, 2.05) is 6.07 Å². The molecule has 1 aliphatic heterocycles. The molecule has 0 radical (unpaired) electrons. The molecule has 2 amide bonds. The number of likely N-dealkylation sites (tertiary alicyclic amines) is 1. The van der Waals surface area contributed by atoms with Crippen LogP contribution in [0.3, 0.4) is 0 Å². The van der Waals surface area contributed by atoms with Crippen molar-refractivity contribution in [3.8, 4) is 0 Å². The van der Waals surface area contributed by atoms with Gasteiger partial charge in [0.05, 0.1) is 17.4 Å². The monoisotopic (exact) mass is 397 g/mol. The van der Waals surface area contributed by atoms with Gasteiger partial charge in [-0.15, -0.1) is 0 Å². The summed E-state index contributed by atoms with van der Waals surface area (Å²) < 4.78 is 0. The molecule has 2 aromatic carbocycles. The molecule has 2 aromatic rings. The Labute approximate surface area is 168 Å². The van der Waals surface area contributed by atoms with Crippen LogP contribution in [0, 0.1) is 10.1 Å². The number of carbonyl (C=O) groups is 2. The van der Waals surface area contributed by atoms with Crippen LogP contribution < -0.4 is 0 Å². The number of para-hydroxylation sites is 1. The summed E-state index contributed by atoms with van der Waals surface area (Å²) >= 11 is 0. The van der Waals surface area contributed by atoms with Crippen LogP contribution in [-0.4, -0.2) is 57.9 Å². The van der Waals surface area contributed by atoms with E-state index < -0.39 is 23.0 Å². The highest BCUT2D eigenvalue weighted by Gasteiger charge is 2.35. The van der Waals surface area contributed by atoms with Crippen LogP contribution >= 0.6 is 0 Å². The molecule has 1 N–H and O–H groups in total. The van der Waals surface area contributed by atoms with E-state index >= 15 is 0 Å². The first-order chi connectivity index (χ1) is 13.9. The lowest BCUT2D eigenvalue weighted by Crippen LogP contribution is -2.43. The quantitative estimate of drug-likeness (QED) is 0.592. The third-order valence-electron chi connectivity index (χ3n) is 5.13. The van der Waals surface area contributed by atoms with Crippen molar-refractivity contribution >= 4 is 17.5 Å². The number of nitrogens with zero attached hydrogens (tertiary/aromatic N) is 3. The maximum Gasteiger partial charge on any atom is 0.273 e. The number of nitro groups is 1. The molecule has 0 aromatic heterocycles. The lowest BCUT2D eigenvalue weighted by atomic mass is 10.0. The summed E-state index contributed by atoms with van der Waals surface area (Å²) in [5.74, 6) is -0.674. The molecule has 0 spiro atoms. The summed E-state index contributed by atoms with van der Waals surface area (Å²) in [5.41, 5.74) is 0.821. The van der Waals surface area contributed by atoms with E-state index in [0.29, 0.717) is 24.1 Å². The van der Waals surface area contributed by atoms with Gasteiger partial charge >= 0.3 is 0 Å². The molecule has 0 unspecified atom stereocenters. The van der Waals surface area contributed by atoms with Crippen LogP contribution in [0.1, 0.15) is 23.6 Å². The molecule has 2 atom stereocenters. The molecule has 152 valence electrons. The van der Waals surface area contributed by atoms with E-state index in [9.17, 15) is 24.8 Å². The minimum atomic E-state index is -0.864. The summed E-state index contributed by atoms with van der Waals surface area (Å²) in [4.78, 5) is 39.7. The second kappa shape index (κ2) is 8.83. The van der Waals surface area contributed by atoms with Crippen LogP contribution in [0.15, 0.2) is 54.6 Å². The summed E-state index contributed by atoms with van der Waals surface area (Å²) in [6, 6.07) is 14.1. The Hall–Kier alpha value is -3.26. The molecule has 1 aliphatic rings. The molecule has 3 rings (SSSR count). The molecule has 8 nitrogen and oxygen atoms in total. The van der Waals surface area contributed by atoms with Crippen molar-refractivity contribution < 1.29 is 19.6 Å². The number of rotatable bonds is 6. The van der Waals surface area contributed by atoms with E-state index in [-0.39, 0.29) is 24.6 Å². The zero-order valence-electron chi connectivity index (χ0n) is 16.1. The highest BCUT2D eigenvalue weighted by atomic mass is 16.6. The maximum absolute atomic E-state index is 13.2. The number of aliphatic hydroxyl groups excluding tert-OH is 1. The smallest absolute Gasteiger partial charge is 0.273 e. The molecular weight excluding hydrogens is 374 g/mol. The van der Waals surface area contributed by atoms with Gasteiger partial charge in [0, 0.05) is 31.8 Å². The van der Waals surface area contributed by atoms with E-state index in [1.54, 1.807) is 47.4 Å². The third-order valence-corrected chi connectivity index (χ3v) is 5.13. The lowest BCUT2D eigenvalue weighted by Gasteiger charge is -2.31. The van der Waals surface area contributed by atoms with Crippen molar-refractivity contribution in [3.05, 3.63) is 75.8 Å². The molecule has 0 bridgehead atoms. The van der Waals surface area contributed by atoms with Crippen molar-refractivity contribution in [2.75, 3.05) is 20.1 Å². The number of aliphatic hydroxyl groups is 1. The van der Waals surface area contributed by atoms with Crippen LogP contribution in [0.2, 0.25) is 0 Å². The molecule has 29 heavy (non-hydrogen) atoms. The number of β-amino-alcohol motifs (C(OH)–C–C–N with tert-alkyl or cyclic N) is 1. The Morgan fingerprint density at radius 1 is 1.21 bits per heavy atom. The largest absolute Gasteiger partial charge is 0.391 e. The summed E-state index contributed by atoms with van der Waals surface area (Å²) in [6.45, 7) is 0.657. The summed E-state index contributed by atoms with van der Waals surface area (Å²) in [7, 11) is 1.53. The fraction of sp³-hybridized carbons (Fsp3) is 0.333. The first kappa shape index (κ1) is 20.5.